The van der Waals surface area contributed by atoms with Crippen molar-refractivity contribution in [3.05, 3.63) is 48.7 Å². The van der Waals surface area contributed by atoms with Crippen LogP contribution in [0.15, 0.2) is 57.6 Å². The van der Waals surface area contributed by atoms with Gasteiger partial charge in [-0.3, -0.25) is 0 Å². The molecule has 0 unspecified atom stereocenters. The van der Waals surface area contributed by atoms with E-state index in [0.717, 1.165) is 27.5 Å². The summed E-state index contributed by atoms with van der Waals surface area (Å²) in [5, 5.41) is 3.36. The van der Waals surface area contributed by atoms with Gasteiger partial charge in [0.25, 0.3) is 0 Å². The summed E-state index contributed by atoms with van der Waals surface area (Å²) in [4.78, 5) is 0. The van der Waals surface area contributed by atoms with Crippen LogP contribution < -0.4 is 0 Å². The van der Waals surface area contributed by atoms with Gasteiger partial charge in [0, 0.05) is 11.5 Å². The topological polar surface area (TPSA) is 26.3 Å². The summed E-state index contributed by atoms with van der Waals surface area (Å²) in [7, 11) is 0. The monoisotopic (exact) mass is 208 g/mol. The van der Waals surface area contributed by atoms with Crippen LogP contribution in [0.3, 0.4) is 0 Å². The number of fused-ring (bicyclic) bond motifs is 5. The van der Waals surface area contributed by atoms with Crippen molar-refractivity contribution in [1.29, 1.82) is 0 Å². The molecule has 0 bridgehead atoms. The fourth-order valence-corrected chi connectivity index (χ4v) is 2.22. The number of benzene rings is 2. The first-order chi connectivity index (χ1) is 7.93. The van der Waals surface area contributed by atoms with E-state index in [1.165, 1.54) is 5.39 Å². The van der Waals surface area contributed by atoms with E-state index >= 15 is 0 Å². The SMILES string of the molecule is c1ccc2c(c1)ccc1c3occc3oc21. The van der Waals surface area contributed by atoms with Crippen LogP contribution in [0.2, 0.25) is 0 Å². The minimum Gasteiger partial charge on any atom is -0.460 e. The van der Waals surface area contributed by atoms with Crippen molar-refractivity contribution < 1.29 is 8.83 Å². The van der Waals surface area contributed by atoms with Crippen molar-refractivity contribution in [2.24, 2.45) is 0 Å². The lowest BCUT2D eigenvalue weighted by atomic mass is 10.1. The van der Waals surface area contributed by atoms with Crippen molar-refractivity contribution in [1.82, 2.24) is 0 Å². The molecule has 0 saturated heterocycles. The minimum absolute atomic E-state index is 0.811. The first kappa shape index (κ1) is 7.99. The van der Waals surface area contributed by atoms with Gasteiger partial charge in [-0.15, -0.1) is 0 Å². The fraction of sp³-hybridized carbons (Fsp3) is 0. The van der Waals surface area contributed by atoms with Crippen molar-refractivity contribution in [2.75, 3.05) is 0 Å². The number of furan rings is 2. The van der Waals surface area contributed by atoms with E-state index in [-0.39, 0.29) is 0 Å². The Morgan fingerprint density at radius 3 is 2.69 bits per heavy atom. The molecule has 0 amide bonds. The molecule has 2 aromatic heterocycles. The molecule has 4 aromatic rings. The van der Waals surface area contributed by atoms with Crippen molar-refractivity contribution in [3.8, 4) is 0 Å². The summed E-state index contributed by atoms with van der Waals surface area (Å²) < 4.78 is 11.2. The summed E-state index contributed by atoms with van der Waals surface area (Å²) in [6, 6.07) is 14.2. The summed E-state index contributed by atoms with van der Waals surface area (Å²) in [6.45, 7) is 0. The molecule has 0 atom stereocenters. The smallest absolute Gasteiger partial charge is 0.180 e. The lowest BCUT2D eigenvalue weighted by Crippen LogP contribution is -1.72. The number of rotatable bonds is 0. The zero-order valence-electron chi connectivity index (χ0n) is 8.44. The molecule has 2 heterocycles. The quantitative estimate of drug-likeness (QED) is 0.430. The molecule has 2 nitrogen and oxygen atoms in total. The van der Waals surface area contributed by atoms with Gasteiger partial charge >= 0.3 is 0 Å². The molecular weight excluding hydrogens is 200 g/mol. The zero-order valence-corrected chi connectivity index (χ0v) is 8.44. The van der Waals surface area contributed by atoms with Gasteiger partial charge in [0.15, 0.2) is 11.2 Å². The first-order valence-corrected chi connectivity index (χ1v) is 5.21. The third-order valence-corrected chi connectivity index (χ3v) is 2.97. The molecule has 0 fully saturated rings. The molecule has 0 N–H and O–H groups in total. The number of hydrogen-bond acceptors (Lipinski definition) is 2. The van der Waals surface area contributed by atoms with Gasteiger partial charge in [-0.1, -0.05) is 30.3 Å². The molecule has 0 spiro atoms. The predicted molar refractivity (Wildman–Crippen MR) is 63.5 cm³/mol. The second-order valence-electron chi connectivity index (χ2n) is 3.88. The summed E-state index contributed by atoms with van der Waals surface area (Å²) in [6.07, 6.45) is 1.66. The molecule has 0 aliphatic carbocycles. The van der Waals surface area contributed by atoms with E-state index < -0.39 is 0 Å². The Labute approximate surface area is 91.1 Å². The standard InChI is InChI=1S/C14H8O2/c1-2-4-10-9(3-1)5-6-11-13(10)16-12-7-8-15-14(11)12/h1-8H. The largest absolute Gasteiger partial charge is 0.460 e. The highest BCUT2D eigenvalue weighted by molar-refractivity contribution is 6.13. The number of hydrogen-bond donors (Lipinski definition) is 0. The van der Waals surface area contributed by atoms with Gasteiger partial charge in [0.1, 0.15) is 5.58 Å². The van der Waals surface area contributed by atoms with Crippen molar-refractivity contribution >= 4 is 32.9 Å². The average molecular weight is 208 g/mol. The van der Waals surface area contributed by atoms with Crippen molar-refractivity contribution in [2.45, 2.75) is 0 Å². The maximum atomic E-state index is 5.81. The molecule has 0 saturated carbocycles. The summed E-state index contributed by atoms with van der Waals surface area (Å²) in [5.74, 6) is 0. The molecule has 2 heteroatoms. The first-order valence-electron chi connectivity index (χ1n) is 5.21. The van der Waals surface area contributed by atoms with Crippen LogP contribution in [0.4, 0.5) is 0 Å². The third kappa shape index (κ3) is 0.865. The lowest BCUT2D eigenvalue weighted by Gasteiger charge is -1.96. The Morgan fingerprint density at radius 2 is 1.69 bits per heavy atom. The summed E-state index contributed by atoms with van der Waals surface area (Å²) >= 11 is 0. The van der Waals surface area contributed by atoms with Gasteiger partial charge in [0.05, 0.1) is 11.6 Å². The Kier molecular flexibility index (Phi) is 1.33. The van der Waals surface area contributed by atoms with Gasteiger partial charge < -0.3 is 8.83 Å². The van der Waals surface area contributed by atoms with Crippen LogP contribution in [-0.2, 0) is 0 Å². The highest BCUT2D eigenvalue weighted by atomic mass is 16.4. The van der Waals surface area contributed by atoms with Crippen LogP contribution in [0, 0.1) is 0 Å². The predicted octanol–water partition coefficient (Wildman–Crippen LogP) is 4.33. The Hall–Kier alpha value is -2.22. The maximum absolute atomic E-state index is 5.81. The molecule has 0 aliphatic rings. The van der Waals surface area contributed by atoms with Crippen LogP contribution >= 0.6 is 0 Å². The average Bonchev–Trinajstić information content (AvgIpc) is 2.88. The summed E-state index contributed by atoms with van der Waals surface area (Å²) in [5.41, 5.74) is 2.56. The van der Waals surface area contributed by atoms with Gasteiger partial charge in [0.2, 0.25) is 0 Å². The van der Waals surface area contributed by atoms with Crippen LogP contribution in [0.1, 0.15) is 0 Å². The second-order valence-corrected chi connectivity index (χ2v) is 3.88. The lowest BCUT2D eigenvalue weighted by molar-refractivity contribution is 0.616. The van der Waals surface area contributed by atoms with E-state index in [0.29, 0.717) is 0 Å². The molecular formula is C14H8O2. The molecule has 16 heavy (non-hydrogen) atoms. The molecule has 2 aromatic carbocycles. The van der Waals surface area contributed by atoms with Gasteiger partial charge in [-0.2, -0.15) is 0 Å². The Bertz CT molecular complexity index is 799. The molecule has 0 aliphatic heterocycles. The van der Waals surface area contributed by atoms with Crippen LogP contribution in [-0.4, -0.2) is 0 Å². The zero-order chi connectivity index (χ0) is 10.5. The molecule has 76 valence electrons. The Balaban J connectivity index is 2.36. The third-order valence-electron chi connectivity index (χ3n) is 2.97. The van der Waals surface area contributed by atoms with Crippen molar-refractivity contribution in [3.63, 3.8) is 0 Å². The normalized spacial score (nSPS) is 11.8. The van der Waals surface area contributed by atoms with Gasteiger partial charge in [-0.05, 0) is 11.5 Å². The van der Waals surface area contributed by atoms with E-state index in [9.17, 15) is 0 Å². The molecule has 4 rings (SSSR count). The van der Waals surface area contributed by atoms with Crippen LogP contribution in [0.5, 0.6) is 0 Å². The highest BCUT2D eigenvalue weighted by Crippen LogP contribution is 2.34. The maximum Gasteiger partial charge on any atom is 0.180 e. The highest BCUT2D eigenvalue weighted by Gasteiger charge is 2.11. The molecule has 0 radical (unpaired) electrons. The second kappa shape index (κ2) is 2.67. The minimum atomic E-state index is 0.811. The van der Waals surface area contributed by atoms with E-state index in [2.05, 4.69) is 18.2 Å². The van der Waals surface area contributed by atoms with Crippen LogP contribution in [0.25, 0.3) is 32.9 Å². The Morgan fingerprint density at radius 1 is 0.750 bits per heavy atom. The van der Waals surface area contributed by atoms with Gasteiger partial charge in [-0.25, -0.2) is 0 Å². The van der Waals surface area contributed by atoms with E-state index in [1.54, 1.807) is 6.26 Å². The van der Waals surface area contributed by atoms with E-state index in [4.69, 9.17) is 8.83 Å². The van der Waals surface area contributed by atoms with E-state index in [1.807, 2.05) is 24.3 Å². The fourth-order valence-electron chi connectivity index (χ4n) is 2.22.